The van der Waals surface area contributed by atoms with Gasteiger partial charge >= 0.3 is 0 Å². The van der Waals surface area contributed by atoms with Gasteiger partial charge in [0, 0.05) is 11.7 Å². The second-order valence-corrected chi connectivity index (χ2v) is 4.16. The van der Waals surface area contributed by atoms with E-state index in [1.54, 1.807) is 19.1 Å². The van der Waals surface area contributed by atoms with Crippen molar-refractivity contribution in [3.05, 3.63) is 29.6 Å². The molecule has 16 heavy (non-hydrogen) atoms. The van der Waals surface area contributed by atoms with Gasteiger partial charge in [-0.15, -0.1) is 0 Å². The van der Waals surface area contributed by atoms with Gasteiger partial charge < -0.3 is 10.6 Å². The summed E-state index contributed by atoms with van der Waals surface area (Å²) < 4.78 is 13.0. The SMILES string of the molecule is Cc1cc(NCC(=O)NC2CC2)ccc1F. The maximum atomic E-state index is 13.0. The molecule has 4 heteroatoms. The molecule has 2 N–H and O–H groups in total. The molecule has 0 heterocycles. The maximum Gasteiger partial charge on any atom is 0.239 e. The molecule has 0 aromatic heterocycles. The van der Waals surface area contributed by atoms with E-state index in [4.69, 9.17) is 0 Å². The zero-order valence-corrected chi connectivity index (χ0v) is 9.22. The number of aryl methyl sites for hydroxylation is 1. The minimum absolute atomic E-state index is 0.00974. The molecule has 1 amide bonds. The summed E-state index contributed by atoms with van der Waals surface area (Å²) >= 11 is 0. The summed E-state index contributed by atoms with van der Waals surface area (Å²) in [7, 11) is 0. The molecule has 0 aliphatic heterocycles. The average molecular weight is 222 g/mol. The van der Waals surface area contributed by atoms with Gasteiger partial charge in [-0.3, -0.25) is 4.79 Å². The molecule has 0 spiro atoms. The number of hydrogen-bond donors (Lipinski definition) is 2. The van der Waals surface area contributed by atoms with Gasteiger partial charge in [-0.1, -0.05) is 0 Å². The molecule has 3 nitrogen and oxygen atoms in total. The summed E-state index contributed by atoms with van der Waals surface area (Å²) in [6.45, 7) is 1.94. The highest BCUT2D eigenvalue weighted by molar-refractivity contribution is 5.81. The second kappa shape index (κ2) is 4.51. The largest absolute Gasteiger partial charge is 0.376 e. The number of anilines is 1. The summed E-state index contributed by atoms with van der Waals surface area (Å²) in [4.78, 5) is 11.4. The third-order valence-corrected chi connectivity index (χ3v) is 2.55. The van der Waals surface area contributed by atoms with Crippen LogP contribution in [0.3, 0.4) is 0 Å². The Morgan fingerprint density at radius 3 is 2.88 bits per heavy atom. The Bertz CT molecular complexity index is 402. The molecule has 1 aromatic rings. The molecule has 0 radical (unpaired) electrons. The number of halogens is 1. The Balaban J connectivity index is 1.83. The topological polar surface area (TPSA) is 41.1 Å². The van der Waals surface area contributed by atoms with Gasteiger partial charge in [-0.05, 0) is 43.5 Å². The van der Waals surface area contributed by atoms with Gasteiger partial charge in [0.1, 0.15) is 5.82 Å². The van der Waals surface area contributed by atoms with Crippen molar-refractivity contribution < 1.29 is 9.18 Å². The third-order valence-electron chi connectivity index (χ3n) is 2.55. The van der Waals surface area contributed by atoms with E-state index < -0.39 is 0 Å². The number of nitrogens with one attached hydrogen (secondary N) is 2. The molecule has 1 fully saturated rings. The Morgan fingerprint density at radius 1 is 1.50 bits per heavy atom. The highest BCUT2D eigenvalue weighted by atomic mass is 19.1. The summed E-state index contributed by atoms with van der Waals surface area (Å²) in [5.74, 6) is -0.238. The first kappa shape index (κ1) is 10.9. The van der Waals surface area contributed by atoms with Gasteiger partial charge in [0.15, 0.2) is 0 Å². The van der Waals surface area contributed by atoms with Crippen LogP contribution in [0.1, 0.15) is 18.4 Å². The molecule has 0 saturated heterocycles. The Labute approximate surface area is 94.0 Å². The molecular formula is C12H15FN2O. The van der Waals surface area contributed by atoms with E-state index in [0.717, 1.165) is 18.5 Å². The smallest absolute Gasteiger partial charge is 0.239 e. The van der Waals surface area contributed by atoms with Gasteiger partial charge in [0.05, 0.1) is 6.54 Å². The average Bonchev–Trinajstić information content (AvgIpc) is 3.04. The first-order valence-electron chi connectivity index (χ1n) is 5.44. The van der Waals surface area contributed by atoms with Gasteiger partial charge in [0.2, 0.25) is 5.91 Å². The van der Waals surface area contributed by atoms with E-state index in [0.29, 0.717) is 11.6 Å². The van der Waals surface area contributed by atoms with Crippen LogP contribution in [-0.2, 0) is 4.79 Å². The normalized spacial score (nSPS) is 14.6. The van der Waals surface area contributed by atoms with E-state index in [2.05, 4.69) is 10.6 Å². The summed E-state index contributed by atoms with van der Waals surface area (Å²) in [6, 6.07) is 5.10. The van der Waals surface area contributed by atoms with Crippen LogP contribution in [-0.4, -0.2) is 18.5 Å². The lowest BCUT2D eigenvalue weighted by molar-refractivity contribution is -0.119. The zero-order chi connectivity index (χ0) is 11.5. The fourth-order valence-electron chi connectivity index (χ4n) is 1.44. The predicted octanol–water partition coefficient (Wildman–Crippen LogP) is 1.82. The van der Waals surface area contributed by atoms with Crippen LogP contribution < -0.4 is 10.6 Å². The van der Waals surface area contributed by atoms with Crippen molar-refractivity contribution >= 4 is 11.6 Å². The first-order chi connectivity index (χ1) is 7.65. The molecule has 86 valence electrons. The lowest BCUT2D eigenvalue weighted by atomic mass is 10.2. The van der Waals surface area contributed by atoms with Crippen LogP contribution >= 0.6 is 0 Å². The van der Waals surface area contributed by atoms with Gasteiger partial charge in [-0.25, -0.2) is 4.39 Å². The van der Waals surface area contributed by atoms with Gasteiger partial charge in [0.25, 0.3) is 0 Å². The standard InChI is InChI=1S/C12H15FN2O/c1-8-6-10(4-5-11(8)13)14-7-12(16)15-9-2-3-9/h4-6,9,14H,2-3,7H2,1H3,(H,15,16). The molecule has 2 rings (SSSR count). The summed E-state index contributed by atoms with van der Waals surface area (Å²) in [6.07, 6.45) is 2.17. The van der Waals surface area contributed by atoms with Gasteiger partial charge in [-0.2, -0.15) is 0 Å². The number of amides is 1. The minimum Gasteiger partial charge on any atom is -0.376 e. The van der Waals surface area contributed by atoms with Crippen LogP contribution in [0.5, 0.6) is 0 Å². The molecule has 0 unspecified atom stereocenters. The molecule has 1 aromatic carbocycles. The predicted molar refractivity (Wildman–Crippen MR) is 60.8 cm³/mol. The number of rotatable bonds is 4. The fraction of sp³-hybridized carbons (Fsp3) is 0.417. The minimum atomic E-state index is -0.229. The number of hydrogen-bond acceptors (Lipinski definition) is 2. The highest BCUT2D eigenvalue weighted by Gasteiger charge is 2.22. The van der Waals surface area contributed by atoms with Crippen molar-refractivity contribution in [1.29, 1.82) is 0 Å². The van der Waals surface area contributed by atoms with Crippen molar-refractivity contribution in [3.63, 3.8) is 0 Å². The lowest BCUT2D eigenvalue weighted by Crippen LogP contribution is -2.31. The third kappa shape index (κ3) is 2.95. The van der Waals surface area contributed by atoms with Crippen molar-refractivity contribution in [1.82, 2.24) is 5.32 Å². The Hall–Kier alpha value is -1.58. The van der Waals surface area contributed by atoms with E-state index in [1.165, 1.54) is 6.07 Å². The highest BCUT2D eigenvalue weighted by Crippen LogP contribution is 2.18. The number of benzene rings is 1. The van der Waals surface area contributed by atoms with Crippen molar-refractivity contribution in [3.8, 4) is 0 Å². The zero-order valence-electron chi connectivity index (χ0n) is 9.22. The monoisotopic (exact) mass is 222 g/mol. The van der Waals surface area contributed by atoms with Crippen molar-refractivity contribution in [2.24, 2.45) is 0 Å². The molecule has 0 bridgehead atoms. The van der Waals surface area contributed by atoms with Crippen LogP contribution in [0.2, 0.25) is 0 Å². The molecule has 1 aliphatic rings. The molecule has 0 atom stereocenters. The van der Waals surface area contributed by atoms with Crippen molar-refractivity contribution in [2.75, 3.05) is 11.9 Å². The second-order valence-electron chi connectivity index (χ2n) is 4.16. The molecular weight excluding hydrogens is 207 g/mol. The van der Waals surface area contributed by atoms with Crippen molar-refractivity contribution in [2.45, 2.75) is 25.8 Å². The van der Waals surface area contributed by atoms with E-state index in [1.807, 2.05) is 0 Å². The Kier molecular flexibility index (Phi) is 3.08. The fourth-order valence-corrected chi connectivity index (χ4v) is 1.44. The van der Waals surface area contributed by atoms with Crippen LogP contribution in [0.25, 0.3) is 0 Å². The van der Waals surface area contributed by atoms with E-state index in [9.17, 15) is 9.18 Å². The van der Waals surface area contributed by atoms with E-state index in [-0.39, 0.29) is 18.3 Å². The number of carbonyl (C=O) groups excluding carboxylic acids is 1. The summed E-state index contributed by atoms with van der Waals surface area (Å²) in [5, 5.41) is 5.84. The maximum absolute atomic E-state index is 13.0. The van der Waals surface area contributed by atoms with Crippen LogP contribution in [0.4, 0.5) is 10.1 Å². The quantitative estimate of drug-likeness (QED) is 0.816. The van der Waals surface area contributed by atoms with Crippen LogP contribution in [0.15, 0.2) is 18.2 Å². The number of carbonyl (C=O) groups is 1. The first-order valence-corrected chi connectivity index (χ1v) is 5.44. The molecule has 1 aliphatic carbocycles. The lowest BCUT2D eigenvalue weighted by Gasteiger charge is -2.07. The van der Waals surface area contributed by atoms with Crippen LogP contribution in [0, 0.1) is 12.7 Å². The van der Waals surface area contributed by atoms with E-state index >= 15 is 0 Å². The summed E-state index contributed by atoms with van der Waals surface area (Å²) in [5.41, 5.74) is 1.34. The Morgan fingerprint density at radius 2 is 2.25 bits per heavy atom. The molecule has 1 saturated carbocycles.